The highest BCUT2D eigenvalue weighted by atomic mass is 32.2. The number of nitrogens with zero attached hydrogens (tertiary/aromatic N) is 2. The number of amides is 1. The van der Waals surface area contributed by atoms with E-state index in [2.05, 4.69) is 20.8 Å². The summed E-state index contributed by atoms with van der Waals surface area (Å²) in [5.74, 6) is 1.48. The molecule has 0 aromatic carbocycles. The van der Waals surface area contributed by atoms with Crippen LogP contribution < -0.4 is 10.6 Å². The lowest BCUT2D eigenvalue weighted by atomic mass is 10.3. The third-order valence-corrected chi connectivity index (χ3v) is 2.35. The summed E-state index contributed by atoms with van der Waals surface area (Å²) in [5, 5.41) is 13.3. The predicted molar refractivity (Wildman–Crippen MR) is 62.3 cm³/mol. The van der Waals surface area contributed by atoms with Crippen LogP contribution in [0.1, 0.15) is 10.5 Å². The van der Waals surface area contributed by atoms with Gasteiger partial charge in [0.05, 0.1) is 0 Å². The van der Waals surface area contributed by atoms with Crippen molar-refractivity contribution in [3.05, 3.63) is 17.8 Å². The highest BCUT2D eigenvalue weighted by molar-refractivity contribution is 7.98. The second kappa shape index (κ2) is 6.23. The van der Waals surface area contributed by atoms with Crippen molar-refractivity contribution in [1.29, 1.82) is 0 Å². The van der Waals surface area contributed by atoms with Crippen LogP contribution in [0.25, 0.3) is 0 Å². The topological polar surface area (TPSA) is 66.9 Å². The Balaban J connectivity index is 2.52. The van der Waals surface area contributed by atoms with E-state index in [0.29, 0.717) is 11.5 Å². The molecule has 1 rings (SSSR count). The molecule has 15 heavy (non-hydrogen) atoms. The quantitative estimate of drug-likeness (QED) is 0.720. The second-order valence-electron chi connectivity index (χ2n) is 2.80. The van der Waals surface area contributed by atoms with E-state index in [-0.39, 0.29) is 5.91 Å². The summed E-state index contributed by atoms with van der Waals surface area (Å²) in [4.78, 5) is 11.1. The zero-order chi connectivity index (χ0) is 11.1. The molecule has 0 bridgehead atoms. The zero-order valence-corrected chi connectivity index (χ0v) is 9.60. The standard InChI is InChI=1S/C9H14N4OS/c1-10-9(14)7-3-4-8(13-12-7)11-5-6-15-2/h3-4H,5-6H2,1-2H3,(H,10,14)(H,11,13). The second-order valence-corrected chi connectivity index (χ2v) is 3.79. The first-order valence-electron chi connectivity index (χ1n) is 4.56. The van der Waals surface area contributed by atoms with Gasteiger partial charge in [-0.3, -0.25) is 4.79 Å². The molecule has 5 nitrogen and oxygen atoms in total. The maximum atomic E-state index is 11.1. The molecule has 1 amide bonds. The third-order valence-electron chi connectivity index (χ3n) is 1.74. The molecule has 0 aliphatic heterocycles. The summed E-state index contributed by atoms with van der Waals surface area (Å²) in [6, 6.07) is 3.39. The molecule has 0 aliphatic carbocycles. The zero-order valence-electron chi connectivity index (χ0n) is 8.78. The summed E-state index contributed by atoms with van der Waals surface area (Å²) in [6.45, 7) is 0.842. The molecular weight excluding hydrogens is 212 g/mol. The summed E-state index contributed by atoms with van der Waals surface area (Å²) >= 11 is 1.76. The molecule has 0 saturated heterocycles. The molecule has 0 saturated carbocycles. The Hall–Kier alpha value is -1.30. The molecule has 0 unspecified atom stereocenters. The van der Waals surface area contributed by atoms with Gasteiger partial charge in [-0.05, 0) is 18.4 Å². The maximum absolute atomic E-state index is 11.1. The van der Waals surface area contributed by atoms with Crippen molar-refractivity contribution >= 4 is 23.5 Å². The lowest BCUT2D eigenvalue weighted by Gasteiger charge is -2.03. The molecule has 82 valence electrons. The average Bonchev–Trinajstić information content (AvgIpc) is 2.29. The van der Waals surface area contributed by atoms with Crippen LogP contribution in [-0.4, -0.2) is 41.7 Å². The van der Waals surface area contributed by atoms with Gasteiger partial charge in [-0.1, -0.05) is 0 Å². The minimum absolute atomic E-state index is 0.224. The SMILES string of the molecule is CNC(=O)c1ccc(NCCSC)nn1. The van der Waals surface area contributed by atoms with Crippen LogP contribution in [0.15, 0.2) is 12.1 Å². The van der Waals surface area contributed by atoms with Gasteiger partial charge in [0.1, 0.15) is 5.82 Å². The number of aromatic nitrogens is 2. The van der Waals surface area contributed by atoms with Crippen molar-refractivity contribution in [3.8, 4) is 0 Å². The summed E-state index contributed by atoms with van der Waals surface area (Å²) in [6.07, 6.45) is 2.04. The van der Waals surface area contributed by atoms with Gasteiger partial charge in [0, 0.05) is 19.3 Å². The fraction of sp³-hybridized carbons (Fsp3) is 0.444. The summed E-state index contributed by atoms with van der Waals surface area (Å²) in [7, 11) is 1.56. The lowest BCUT2D eigenvalue weighted by molar-refractivity contribution is 0.0957. The van der Waals surface area contributed by atoms with Crippen molar-refractivity contribution in [2.75, 3.05) is 30.9 Å². The van der Waals surface area contributed by atoms with Crippen LogP contribution in [0.4, 0.5) is 5.82 Å². The lowest BCUT2D eigenvalue weighted by Crippen LogP contribution is -2.19. The first kappa shape index (κ1) is 11.8. The van der Waals surface area contributed by atoms with Gasteiger partial charge >= 0.3 is 0 Å². The highest BCUT2D eigenvalue weighted by Gasteiger charge is 2.04. The Morgan fingerprint density at radius 3 is 2.80 bits per heavy atom. The Morgan fingerprint density at radius 1 is 1.47 bits per heavy atom. The van der Waals surface area contributed by atoms with Crippen molar-refractivity contribution in [2.24, 2.45) is 0 Å². The molecule has 2 N–H and O–H groups in total. The number of carbonyl (C=O) groups excluding carboxylic acids is 1. The van der Waals surface area contributed by atoms with E-state index in [1.54, 1.807) is 30.9 Å². The molecule has 0 spiro atoms. The van der Waals surface area contributed by atoms with Gasteiger partial charge in [-0.15, -0.1) is 10.2 Å². The van der Waals surface area contributed by atoms with Crippen LogP contribution in [0.2, 0.25) is 0 Å². The Morgan fingerprint density at radius 2 is 2.27 bits per heavy atom. The normalized spacial score (nSPS) is 9.73. The molecule has 6 heteroatoms. The Labute approximate surface area is 93.0 Å². The van der Waals surface area contributed by atoms with Crippen molar-refractivity contribution in [3.63, 3.8) is 0 Å². The van der Waals surface area contributed by atoms with Gasteiger partial charge in [-0.25, -0.2) is 0 Å². The highest BCUT2D eigenvalue weighted by Crippen LogP contribution is 2.02. The number of anilines is 1. The minimum Gasteiger partial charge on any atom is -0.368 e. The van der Waals surface area contributed by atoms with Crippen molar-refractivity contribution in [2.45, 2.75) is 0 Å². The van der Waals surface area contributed by atoms with Gasteiger partial charge in [0.25, 0.3) is 5.91 Å². The fourth-order valence-corrected chi connectivity index (χ4v) is 1.26. The third kappa shape index (κ3) is 3.75. The summed E-state index contributed by atoms with van der Waals surface area (Å²) < 4.78 is 0. The van der Waals surface area contributed by atoms with Crippen LogP contribution in [-0.2, 0) is 0 Å². The van der Waals surface area contributed by atoms with Crippen LogP contribution in [0, 0.1) is 0 Å². The van der Waals surface area contributed by atoms with E-state index in [1.165, 1.54) is 0 Å². The predicted octanol–water partition coefficient (Wildman–Crippen LogP) is 0.611. The summed E-state index contributed by atoms with van der Waals surface area (Å²) in [5.41, 5.74) is 0.327. The van der Waals surface area contributed by atoms with E-state index in [0.717, 1.165) is 12.3 Å². The monoisotopic (exact) mass is 226 g/mol. The molecule has 1 aromatic rings. The maximum Gasteiger partial charge on any atom is 0.271 e. The van der Waals surface area contributed by atoms with Crippen LogP contribution >= 0.6 is 11.8 Å². The number of nitrogens with one attached hydrogen (secondary N) is 2. The van der Waals surface area contributed by atoms with Gasteiger partial charge in [0.2, 0.25) is 0 Å². The van der Waals surface area contributed by atoms with Crippen molar-refractivity contribution < 1.29 is 4.79 Å². The number of hydrogen-bond donors (Lipinski definition) is 2. The Bertz CT molecular complexity index is 314. The molecule has 0 aliphatic rings. The minimum atomic E-state index is -0.224. The number of thioether (sulfide) groups is 1. The Kier molecular flexibility index (Phi) is 4.89. The molecule has 1 heterocycles. The van der Waals surface area contributed by atoms with Gasteiger partial charge in [-0.2, -0.15) is 11.8 Å². The molecule has 0 fully saturated rings. The van der Waals surface area contributed by atoms with Gasteiger partial charge in [0.15, 0.2) is 5.69 Å². The van der Waals surface area contributed by atoms with Crippen LogP contribution in [0.5, 0.6) is 0 Å². The molecule has 1 aromatic heterocycles. The van der Waals surface area contributed by atoms with Crippen LogP contribution in [0.3, 0.4) is 0 Å². The fourth-order valence-electron chi connectivity index (χ4n) is 0.957. The largest absolute Gasteiger partial charge is 0.368 e. The van der Waals surface area contributed by atoms with Crippen molar-refractivity contribution in [1.82, 2.24) is 15.5 Å². The van der Waals surface area contributed by atoms with E-state index < -0.39 is 0 Å². The van der Waals surface area contributed by atoms with E-state index in [9.17, 15) is 4.79 Å². The molecule has 0 radical (unpaired) electrons. The molecule has 0 atom stereocenters. The number of rotatable bonds is 5. The van der Waals surface area contributed by atoms with E-state index in [4.69, 9.17) is 0 Å². The number of carbonyl (C=O) groups is 1. The van der Waals surface area contributed by atoms with Gasteiger partial charge < -0.3 is 10.6 Å². The van der Waals surface area contributed by atoms with E-state index in [1.807, 2.05) is 6.26 Å². The van der Waals surface area contributed by atoms with E-state index >= 15 is 0 Å². The smallest absolute Gasteiger partial charge is 0.271 e. The number of hydrogen-bond acceptors (Lipinski definition) is 5. The first-order chi connectivity index (χ1) is 7.27. The molecular formula is C9H14N4OS. The first-order valence-corrected chi connectivity index (χ1v) is 5.96. The average molecular weight is 226 g/mol.